The van der Waals surface area contributed by atoms with Gasteiger partial charge < -0.3 is 4.84 Å². The Kier molecular flexibility index (Phi) is 5.85. The predicted octanol–water partition coefficient (Wildman–Crippen LogP) is 4.25. The van der Waals surface area contributed by atoms with Gasteiger partial charge in [-0.25, -0.2) is 13.2 Å². The van der Waals surface area contributed by atoms with Crippen LogP contribution >= 0.6 is 0 Å². The van der Waals surface area contributed by atoms with E-state index in [9.17, 15) is 13.2 Å². The molecule has 1 aromatic heterocycles. The summed E-state index contributed by atoms with van der Waals surface area (Å²) >= 11 is 0. The minimum Gasteiger partial charge on any atom is -0.367 e. The monoisotopic (exact) mass is 455 g/mol. The van der Waals surface area contributed by atoms with Crippen LogP contribution in [0.3, 0.4) is 0 Å². The molecule has 0 spiro atoms. The third-order valence-electron chi connectivity index (χ3n) is 5.81. The van der Waals surface area contributed by atoms with E-state index < -0.39 is 15.3 Å². The second-order valence-electron chi connectivity index (χ2n) is 9.45. The number of sulfone groups is 1. The largest absolute Gasteiger partial charge is 0.367 e. The van der Waals surface area contributed by atoms with Gasteiger partial charge in [0.15, 0.2) is 9.84 Å². The minimum atomic E-state index is -3.21. The van der Waals surface area contributed by atoms with Gasteiger partial charge in [0.25, 0.3) is 0 Å². The van der Waals surface area contributed by atoms with Gasteiger partial charge in [0.1, 0.15) is 0 Å². The molecule has 0 radical (unpaired) electrons. The molecule has 1 aliphatic rings. The van der Waals surface area contributed by atoms with Crippen LogP contribution in [0.15, 0.2) is 53.6 Å². The molecule has 0 saturated carbocycles. The van der Waals surface area contributed by atoms with Crippen LogP contribution in [0.1, 0.15) is 39.7 Å². The first-order chi connectivity index (χ1) is 15.0. The number of hydrogen-bond donors (Lipinski definition) is 0. The van der Waals surface area contributed by atoms with E-state index in [0.717, 1.165) is 34.9 Å². The Bertz CT molecular complexity index is 1230. The third-order valence-corrected chi connectivity index (χ3v) is 6.93. The van der Waals surface area contributed by atoms with Crippen molar-refractivity contribution in [1.82, 2.24) is 14.8 Å². The number of hydroxylamine groups is 2. The lowest BCUT2D eigenvalue weighted by Gasteiger charge is -2.32. The summed E-state index contributed by atoms with van der Waals surface area (Å²) in [7, 11) is -3.21. The second kappa shape index (κ2) is 8.33. The molecule has 7 nitrogen and oxygen atoms in total. The van der Waals surface area contributed by atoms with E-state index in [2.05, 4.69) is 21.9 Å². The van der Waals surface area contributed by atoms with Gasteiger partial charge in [-0.1, -0.05) is 18.2 Å². The van der Waals surface area contributed by atoms with Crippen molar-refractivity contribution in [2.24, 2.45) is 5.41 Å². The summed E-state index contributed by atoms with van der Waals surface area (Å²) in [6.45, 7) is 6.92. The first-order valence-electron chi connectivity index (χ1n) is 10.8. The molecule has 32 heavy (non-hydrogen) atoms. The van der Waals surface area contributed by atoms with Crippen molar-refractivity contribution in [3.63, 3.8) is 0 Å². The minimum absolute atomic E-state index is 0.211. The lowest BCUT2D eigenvalue weighted by Crippen LogP contribution is -2.39. The van der Waals surface area contributed by atoms with Gasteiger partial charge in [-0.2, -0.15) is 5.10 Å². The number of aromatic nitrogens is 2. The maximum absolute atomic E-state index is 12.1. The summed E-state index contributed by atoms with van der Waals surface area (Å²) in [6.07, 6.45) is 4.78. The van der Waals surface area contributed by atoms with Gasteiger partial charge in [0.05, 0.1) is 28.1 Å². The van der Waals surface area contributed by atoms with E-state index in [4.69, 9.17) is 4.84 Å². The Morgan fingerprint density at radius 2 is 1.66 bits per heavy atom. The Morgan fingerprint density at radius 3 is 2.25 bits per heavy atom. The highest BCUT2D eigenvalue weighted by Gasteiger charge is 2.29. The quantitative estimate of drug-likeness (QED) is 0.585. The Morgan fingerprint density at radius 1 is 1.03 bits per heavy atom. The highest BCUT2D eigenvalue weighted by molar-refractivity contribution is 7.90. The molecule has 3 aromatic rings. The second-order valence-corrected chi connectivity index (χ2v) is 11.5. The first-order valence-corrected chi connectivity index (χ1v) is 12.7. The molecule has 0 atom stereocenters. The molecule has 0 bridgehead atoms. The van der Waals surface area contributed by atoms with Gasteiger partial charge in [-0.3, -0.25) is 4.68 Å². The number of fused-ring (bicyclic) bond motifs is 1. The molecular formula is C24H29N3O4S. The molecule has 0 unspecified atom stereocenters. The van der Waals surface area contributed by atoms with Crippen LogP contribution in [0, 0.1) is 5.41 Å². The molecule has 1 aliphatic heterocycles. The van der Waals surface area contributed by atoms with Crippen molar-refractivity contribution in [3.05, 3.63) is 48.7 Å². The Hall–Kier alpha value is -2.71. The fourth-order valence-corrected chi connectivity index (χ4v) is 4.48. The number of rotatable bonds is 4. The predicted molar refractivity (Wildman–Crippen MR) is 124 cm³/mol. The Balaban J connectivity index is 1.48. The summed E-state index contributed by atoms with van der Waals surface area (Å²) < 4.78 is 25.4. The van der Waals surface area contributed by atoms with Crippen LogP contribution in [0.5, 0.6) is 0 Å². The molecule has 1 saturated heterocycles. The summed E-state index contributed by atoms with van der Waals surface area (Å²) in [5, 5.41) is 7.43. The van der Waals surface area contributed by atoms with Crippen LogP contribution in [0.4, 0.5) is 0 Å². The summed E-state index contributed by atoms with van der Waals surface area (Å²) in [6, 6.07) is 13.4. The number of piperidine rings is 1. The SMILES string of the molecule is CC(C)(C)C(=O)ON1CCC(n2ncc3cc(-c4ccc(S(C)(=O)=O)cc4)ccc32)CC1. The molecule has 0 amide bonds. The highest BCUT2D eigenvalue weighted by atomic mass is 32.2. The zero-order valence-corrected chi connectivity index (χ0v) is 19.7. The van der Waals surface area contributed by atoms with Gasteiger partial charge in [0.2, 0.25) is 0 Å². The maximum atomic E-state index is 12.1. The molecular weight excluding hydrogens is 426 g/mol. The number of benzene rings is 2. The smallest absolute Gasteiger partial charge is 0.330 e. The summed E-state index contributed by atoms with van der Waals surface area (Å²) in [4.78, 5) is 18.0. The van der Waals surface area contributed by atoms with Crippen molar-refractivity contribution >= 4 is 26.7 Å². The lowest BCUT2D eigenvalue weighted by atomic mass is 9.98. The van der Waals surface area contributed by atoms with E-state index in [-0.39, 0.29) is 12.0 Å². The average molecular weight is 456 g/mol. The van der Waals surface area contributed by atoms with Crippen molar-refractivity contribution < 1.29 is 18.0 Å². The van der Waals surface area contributed by atoms with Gasteiger partial charge >= 0.3 is 5.97 Å². The maximum Gasteiger partial charge on any atom is 0.330 e. The van der Waals surface area contributed by atoms with E-state index in [0.29, 0.717) is 18.0 Å². The number of carbonyl (C=O) groups is 1. The molecule has 170 valence electrons. The zero-order chi connectivity index (χ0) is 23.1. The fourth-order valence-electron chi connectivity index (χ4n) is 3.85. The fraction of sp³-hybridized carbons (Fsp3) is 0.417. The van der Waals surface area contributed by atoms with Crippen LogP contribution in [0.2, 0.25) is 0 Å². The van der Waals surface area contributed by atoms with E-state index in [1.54, 1.807) is 17.2 Å². The number of nitrogens with zero attached hydrogens (tertiary/aromatic N) is 3. The van der Waals surface area contributed by atoms with E-state index >= 15 is 0 Å². The topological polar surface area (TPSA) is 81.5 Å². The molecule has 8 heteroatoms. The zero-order valence-electron chi connectivity index (χ0n) is 18.9. The molecule has 2 aromatic carbocycles. The number of hydrogen-bond acceptors (Lipinski definition) is 6. The first kappa shape index (κ1) is 22.5. The molecule has 4 rings (SSSR count). The van der Waals surface area contributed by atoms with Gasteiger partial charge in [-0.05, 0) is 69.0 Å². The average Bonchev–Trinajstić information content (AvgIpc) is 3.16. The van der Waals surface area contributed by atoms with Crippen LogP contribution in [-0.4, -0.2) is 48.6 Å². The molecule has 0 N–H and O–H groups in total. The summed E-state index contributed by atoms with van der Waals surface area (Å²) in [5.41, 5.74) is 2.52. The lowest BCUT2D eigenvalue weighted by molar-refractivity contribution is -0.205. The van der Waals surface area contributed by atoms with Crippen LogP contribution in [0.25, 0.3) is 22.0 Å². The Labute approximate surface area is 188 Å². The highest BCUT2D eigenvalue weighted by Crippen LogP contribution is 2.30. The van der Waals surface area contributed by atoms with Crippen LogP contribution in [-0.2, 0) is 19.5 Å². The van der Waals surface area contributed by atoms with Gasteiger partial charge in [-0.15, -0.1) is 5.06 Å². The van der Waals surface area contributed by atoms with Crippen LogP contribution < -0.4 is 0 Å². The van der Waals surface area contributed by atoms with E-state index in [1.807, 2.05) is 45.2 Å². The van der Waals surface area contributed by atoms with Crippen molar-refractivity contribution in [1.29, 1.82) is 0 Å². The standard InChI is InChI=1S/C24H29N3O4S/c1-24(2,3)23(28)31-26-13-11-20(12-14-26)27-22-10-7-18(15-19(22)16-25-27)17-5-8-21(9-6-17)32(4,29)30/h5-10,15-16,20H,11-14H2,1-4H3. The molecule has 1 fully saturated rings. The normalized spacial score (nSPS) is 16.4. The molecule has 2 heterocycles. The van der Waals surface area contributed by atoms with Gasteiger partial charge in [0, 0.05) is 24.7 Å². The van der Waals surface area contributed by atoms with Crippen molar-refractivity contribution in [2.45, 2.75) is 44.6 Å². The number of carbonyl (C=O) groups excluding carboxylic acids is 1. The van der Waals surface area contributed by atoms with Crippen molar-refractivity contribution in [2.75, 3.05) is 19.3 Å². The molecule has 0 aliphatic carbocycles. The summed E-state index contributed by atoms with van der Waals surface area (Å²) in [5.74, 6) is -0.211. The van der Waals surface area contributed by atoms with E-state index in [1.165, 1.54) is 6.26 Å². The van der Waals surface area contributed by atoms with Crippen molar-refractivity contribution in [3.8, 4) is 11.1 Å². The third kappa shape index (κ3) is 4.71.